The molecule has 1 fully saturated rings. The Balaban J connectivity index is 2.14. The SMILES string of the molecule is CCOCCCCNC(=NC)NCCN1CCN(C(=O)OC(C)(C)C)CC1. The number of nitrogens with one attached hydrogen (secondary N) is 2. The first kappa shape index (κ1) is 23.5. The molecule has 8 nitrogen and oxygen atoms in total. The number of guanidine groups is 1. The lowest BCUT2D eigenvalue weighted by atomic mass is 10.2. The zero-order chi connectivity index (χ0) is 20.1. The predicted octanol–water partition coefficient (Wildman–Crippen LogP) is 1.52. The van der Waals surface area contributed by atoms with Crippen molar-refractivity contribution in [3.63, 3.8) is 0 Å². The molecule has 0 atom stereocenters. The number of carbonyl (C=O) groups is 1. The summed E-state index contributed by atoms with van der Waals surface area (Å²) in [5.41, 5.74) is -0.440. The van der Waals surface area contributed by atoms with Crippen molar-refractivity contribution in [3.05, 3.63) is 0 Å². The van der Waals surface area contributed by atoms with E-state index in [2.05, 4.69) is 20.5 Å². The van der Waals surface area contributed by atoms with Crippen LogP contribution in [0.25, 0.3) is 0 Å². The lowest BCUT2D eigenvalue weighted by Gasteiger charge is -2.35. The molecule has 0 aromatic rings. The van der Waals surface area contributed by atoms with E-state index < -0.39 is 5.60 Å². The number of unbranched alkanes of at least 4 members (excludes halogenated alkanes) is 1. The van der Waals surface area contributed by atoms with Gasteiger partial charge in [0.15, 0.2) is 5.96 Å². The van der Waals surface area contributed by atoms with Gasteiger partial charge in [-0.05, 0) is 40.5 Å². The van der Waals surface area contributed by atoms with E-state index in [-0.39, 0.29) is 6.09 Å². The van der Waals surface area contributed by atoms with Crippen molar-refractivity contribution in [1.29, 1.82) is 0 Å². The molecular weight excluding hydrogens is 346 g/mol. The first-order chi connectivity index (χ1) is 12.9. The van der Waals surface area contributed by atoms with Gasteiger partial charge < -0.3 is 25.0 Å². The molecular formula is C19H39N5O3. The third-order valence-electron chi connectivity index (χ3n) is 4.18. The summed E-state index contributed by atoms with van der Waals surface area (Å²) in [4.78, 5) is 20.5. The summed E-state index contributed by atoms with van der Waals surface area (Å²) in [5, 5.41) is 6.67. The molecule has 1 aliphatic heterocycles. The van der Waals surface area contributed by atoms with Gasteiger partial charge in [0.1, 0.15) is 5.60 Å². The van der Waals surface area contributed by atoms with Crippen LogP contribution in [0, 0.1) is 0 Å². The van der Waals surface area contributed by atoms with Gasteiger partial charge in [0.2, 0.25) is 0 Å². The van der Waals surface area contributed by atoms with Crippen molar-refractivity contribution in [3.8, 4) is 0 Å². The molecule has 1 amide bonds. The lowest BCUT2D eigenvalue weighted by Crippen LogP contribution is -2.51. The van der Waals surface area contributed by atoms with Crippen molar-refractivity contribution in [1.82, 2.24) is 20.4 Å². The number of aliphatic imine (C=N–C) groups is 1. The molecule has 8 heteroatoms. The largest absolute Gasteiger partial charge is 0.444 e. The third-order valence-corrected chi connectivity index (χ3v) is 4.18. The summed E-state index contributed by atoms with van der Waals surface area (Å²) in [5.74, 6) is 0.832. The topological polar surface area (TPSA) is 78.4 Å². The maximum Gasteiger partial charge on any atom is 0.410 e. The molecule has 0 aliphatic carbocycles. The molecule has 0 bridgehead atoms. The van der Waals surface area contributed by atoms with Crippen molar-refractivity contribution < 1.29 is 14.3 Å². The average Bonchev–Trinajstić information content (AvgIpc) is 2.62. The van der Waals surface area contributed by atoms with Gasteiger partial charge >= 0.3 is 6.09 Å². The van der Waals surface area contributed by atoms with Crippen molar-refractivity contribution >= 4 is 12.1 Å². The highest BCUT2D eigenvalue weighted by molar-refractivity contribution is 5.79. The second-order valence-corrected chi connectivity index (χ2v) is 7.64. The fourth-order valence-corrected chi connectivity index (χ4v) is 2.71. The van der Waals surface area contributed by atoms with Gasteiger partial charge in [-0.15, -0.1) is 0 Å². The van der Waals surface area contributed by atoms with Crippen molar-refractivity contribution in [2.45, 2.75) is 46.1 Å². The fraction of sp³-hybridized carbons (Fsp3) is 0.895. The number of ether oxygens (including phenoxy) is 2. The van der Waals surface area contributed by atoms with E-state index in [0.29, 0.717) is 13.1 Å². The van der Waals surface area contributed by atoms with E-state index in [1.54, 1.807) is 11.9 Å². The lowest BCUT2D eigenvalue weighted by molar-refractivity contribution is 0.0147. The van der Waals surface area contributed by atoms with E-state index in [1.807, 2.05) is 27.7 Å². The number of nitrogens with zero attached hydrogens (tertiary/aromatic N) is 3. The number of amides is 1. The normalized spacial score (nSPS) is 16.3. The molecule has 1 heterocycles. The van der Waals surface area contributed by atoms with Crippen LogP contribution in [0.5, 0.6) is 0 Å². The molecule has 0 saturated carbocycles. The minimum absolute atomic E-state index is 0.214. The number of piperazine rings is 1. The molecule has 1 rings (SSSR count). The third kappa shape index (κ3) is 11.0. The summed E-state index contributed by atoms with van der Waals surface area (Å²) in [6.45, 7) is 15.1. The second-order valence-electron chi connectivity index (χ2n) is 7.64. The van der Waals surface area contributed by atoms with Crippen LogP contribution < -0.4 is 10.6 Å². The zero-order valence-electron chi connectivity index (χ0n) is 17.8. The van der Waals surface area contributed by atoms with Crippen LogP contribution in [-0.2, 0) is 9.47 Å². The van der Waals surface area contributed by atoms with Crippen LogP contribution in [0.3, 0.4) is 0 Å². The van der Waals surface area contributed by atoms with E-state index in [0.717, 1.165) is 64.7 Å². The summed E-state index contributed by atoms with van der Waals surface area (Å²) < 4.78 is 10.8. The molecule has 158 valence electrons. The van der Waals surface area contributed by atoms with Gasteiger partial charge in [-0.25, -0.2) is 4.79 Å². The Morgan fingerprint density at radius 2 is 1.74 bits per heavy atom. The van der Waals surface area contributed by atoms with Gasteiger partial charge in [0.05, 0.1) is 0 Å². The molecule has 2 N–H and O–H groups in total. The monoisotopic (exact) mass is 385 g/mol. The van der Waals surface area contributed by atoms with Crippen LogP contribution in [0.2, 0.25) is 0 Å². The second kappa shape index (κ2) is 12.8. The Morgan fingerprint density at radius 1 is 1.07 bits per heavy atom. The Labute approximate surface area is 164 Å². The molecule has 0 aromatic carbocycles. The first-order valence-electron chi connectivity index (χ1n) is 10.1. The summed E-state index contributed by atoms with van der Waals surface area (Å²) >= 11 is 0. The maximum absolute atomic E-state index is 12.1. The Morgan fingerprint density at radius 3 is 2.33 bits per heavy atom. The van der Waals surface area contributed by atoms with Gasteiger partial charge in [0.25, 0.3) is 0 Å². The van der Waals surface area contributed by atoms with Crippen LogP contribution in [0.4, 0.5) is 4.79 Å². The first-order valence-corrected chi connectivity index (χ1v) is 10.1. The number of hydrogen-bond acceptors (Lipinski definition) is 5. The van der Waals surface area contributed by atoms with E-state index in [4.69, 9.17) is 9.47 Å². The predicted molar refractivity (Wildman–Crippen MR) is 109 cm³/mol. The van der Waals surface area contributed by atoms with Crippen molar-refractivity contribution in [2.24, 2.45) is 4.99 Å². The van der Waals surface area contributed by atoms with Crippen LogP contribution in [0.15, 0.2) is 4.99 Å². The van der Waals surface area contributed by atoms with Crippen LogP contribution in [0.1, 0.15) is 40.5 Å². The molecule has 0 aromatic heterocycles. The summed E-state index contributed by atoms with van der Waals surface area (Å²) in [6.07, 6.45) is 1.90. The van der Waals surface area contributed by atoms with Gasteiger partial charge in [-0.1, -0.05) is 0 Å². The Hall–Kier alpha value is -1.54. The standard InChI is InChI=1S/C19H39N5O3/c1-6-26-16-8-7-9-21-17(20-5)22-10-11-23-12-14-24(15-13-23)18(25)27-19(2,3)4/h6-16H2,1-5H3,(H2,20,21,22). The molecule has 0 spiro atoms. The van der Waals surface area contributed by atoms with E-state index in [1.165, 1.54) is 0 Å². The maximum atomic E-state index is 12.1. The molecule has 1 aliphatic rings. The zero-order valence-corrected chi connectivity index (χ0v) is 17.8. The Bertz CT molecular complexity index is 443. The summed E-state index contributed by atoms with van der Waals surface area (Å²) in [6, 6.07) is 0. The van der Waals surface area contributed by atoms with Crippen LogP contribution >= 0.6 is 0 Å². The summed E-state index contributed by atoms with van der Waals surface area (Å²) in [7, 11) is 1.79. The molecule has 0 unspecified atom stereocenters. The van der Waals surface area contributed by atoms with Gasteiger partial charge in [0, 0.05) is 66.1 Å². The smallest absolute Gasteiger partial charge is 0.410 e. The highest BCUT2D eigenvalue weighted by atomic mass is 16.6. The average molecular weight is 386 g/mol. The minimum Gasteiger partial charge on any atom is -0.444 e. The fourth-order valence-electron chi connectivity index (χ4n) is 2.71. The quantitative estimate of drug-likeness (QED) is 0.356. The highest BCUT2D eigenvalue weighted by Crippen LogP contribution is 2.11. The Kier molecular flexibility index (Phi) is 11.1. The molecule has 1 saturated heterocycles. The van der Waals surface area contributed by atoms with E-state index >= 15 is 0 Å². The minimum atomic E-state index is -0.440. The molecule has 27 heavy (non-hydrogen) atoms. The molecule has 0 radical (unpaired) electrons. The number of hydrogen-bond donors (Lipinski definition) is 2. The van der Waals surface area contributed by atoms with Crippen LogP contribution in [-0.4, -0.2) is 93.5 Å². The van der Waals surface area contributed by atoms with Crippen molar-refractivity contribution in [2.75, 3.05) is 66.1 Å². The van der Waals surface area contributed by atoms with E-state index in [9.17, 15) is 4.79 Å². The highest BCUT2D eigenvalue weighted by Gasteiger charge is 2.25. The van der Waals surface area contributed by atoms with Gasteiger partial charge in [-0.3, -0.25) is 9.89 Å². The number of carbonyl (C=O) groups excluding carboxylic acids is 1. The number of rotatable bonds is 9. The van der Waals surface area contributed by atoms with Gasteiger partial charge in [-0.2, -0.15) is 0 Å².